The van der Waals surface area contributed by atoms with Gasteiger partial charge in [-0.2, -0.15) is 0 Å². The van der Waals surface area contributed by atoms with Gasteiger partial charge in [0, 0.05) is 0 Å². The molecule has 0 spiro atoms. The predicted molar refractivity (Wildman–Crippen MR) is 52.8 cm³/mol. The number of fused-ring (bicyclic) bond motifs is 1. The van der Waals surface area contributed by atoms with Gasteiger partial charge in [-0.05, 0) is 11.1 Å². The first-order chi connectivity index (χ1) is 6.42. The van der Waals surface area contributed by atoms with Gasteiger partial charge in [-0.1, -0.05) is 48.6 Å². The van der Waals surface area contributed by atoms with Gasteiger partial charge < -0.3 is 0 Å². The Morgan fingerprint density at radius 2 is 2.00 bits per heavy atom. The molecule has 0 fully saturated rings. The van der Waals surface area contributed by atoms with E-state index in [9.17, 15) is 4.79 Å². The maximum atomic E-state index is 10.6. The van der Waals surface area contributed by atoms with Crippen LogP contribution in [-0.4, -0.2) is 6.29 Å². The van der Waals surface area contributed by atoms with Crippen LogP contribution in [0.5, 0.6) is 0 Å². The fraction of sp³-hybridized carbons (Fsp3) is 0.0833. The van der Waals surface area contributed by atoms with E-state index in [0.29, 0.717) is 0 Å². The van der Waals surface area contributed by atoms with E-state index in [4.69, 9.17) is 0 Å². The fourth-order valence-corrected chi connectivity index (χ4v) is 1.49. The second kappa shape index (κ2) is 3.40. The van der Waals surface area contributed by atoms with Gasteiger partial charge in [0.2, 0.25) is 6.29 Å². The Morgan fingerprint density at radius 1 is 1.08 bits per heavy atom. The van der Waals surface area contributed by atoms with Crippen molar-refractivity contribution in [2.24, 2.45) is 5.92 Å². The molecule has 2 rings (SSSR count). The van der Waals surface area contributed by atoms with E-state index >= 15 is 0 Å². The third kappa shape index (κ3) is 1.45. The molecule has 1 atom stereocenters. The predicted octanol–water partition coefficient (Wildman–Crippen LogP) is 2.26. The first-order valence-corrected chi connectivity index (χ1v) is 4.23. The number of carbonyl (C=O) groups excluding carboxylic acids is 1. The minimum absolute atomic E-state index is 0.201. The Balaban J connectivity index is 2.46. The standard InChI is InChI=1S/C12H9O/c13-9-11-7-4-6-10-5-2-1-3-8-12(10)11/h1-8,11H. The zero-order valence-electron chi connectivity index (χ0n) is 7.10. The van der Waals surface area contributed by atoms with E-state index < -0.39 is 0 Å². The number of allylic oxidation sites excluding steroid dienone is 10. The Kier molecular flexibility index (Phi) is 2.09. The average Bonchev–Trinajstić information content (AvgIpc) is 2.41. The third-order valence-corrected chi connectivity index (χ3v) is 2.15. The highest BCUT2D eigenvalue weighted by molar-refractivity contribution is 5.70. The molecule has 1 heteroatoms. The second-order valence-electron chi connectivity index (χ2n) is 2.97. The molecule has 0 aromatic heterocycles. The van der Waals surface area contributed by atoms with E-state index in [1.807, 2.05) is 54.9 Å². The van der Waals surface area contributed by atoms with Crippen LogP contribution in [0.1, 0.15) is 0 Å². The highest BCUT2D eigenvalue weighted by atomic mass is 16.1. The van der Waals surface area contributed by atoms with Crippen molar-refractivity contribution in [3.8, 4) is 0 Å². The molecule has 1 unspecified atom stereocenters. The molecule has 0 amide bonds. The molecule has 0 saturated heterocycles. The van der Waals surface area contributed by atoms with Crippen LogP contribution < -0.4 is 0 Å². The van der Waals surface area contributed by atoms with Crippen molar-refractivity contribution in [1.29, 1.82) is 0 Å². The molecule has 13 heavy (non-hydrogen) atoms. The summed E-state index contributed by atoms with van der Waals surface area (Å²) in [5.74, 6) is -0.201. The summed E-state index contributed by atoms with van der Waals surface area (Å²) in [6.45, 7) is 0. The Hall–Kier alpha value is -1.63. The minimum atomic E-state index is -0.201. The van der Waals surface area contributed by atoms with Crippen molar-refractivity contribution < 1.29 is 4.79 Å². The van der Waals surface area contributed by atoms with Gasteiger partial charge >= 0.3 is 0 Å². The molecule has 0 saturated carbocycles. The summed E-state index contributed by atoms with van der Waals surface area (Å²) < 4.78 is 0. The smallest absolute Gasteiger partial charge is 0.210 e. The van der Waals surface area contributed by atoms with Crippen LogP contribution >= 0.6 is 0 Å². The topological polar surface area (TPSA) is 17.1 Å². The Labute approximate surface area is 77.5 Å². The highest BCUT2D eigenvalue weighted by Crippen LogP contribution is 2.26. The van der Waals surface area contributed by atoms with Crippen LogP contribution in [0, 0.1) is 5.92 Å². The fourth-order valence-electron chi connectivity index (χ4n) is 1.49. The van der Waals surface area contributed by atoms with Crippen molar-refractivity contribution in [2.75, 3.05) is 0 Å². The maximum Gasteiger partial charge on any atom is 0.210 e. The first-order valence-electron chi connectivity index (χ1n) is 4.23. The molecule has 0 aromatic carbocycles. The zero-order chi connectivity index (χ0) is 9.10. The van der Waals surface area contributed by atoms with Gasteiger partial charge in [-0.15, -0.1) is 0 Å². The molecule has 1 radical (unpaired) electrons. The van der Waals surface area contributed by atoms with Crippen LogP contribution in [0.2, 0.25) is 0 Å². The van der Waals surface area contributed by atoms with Gasteiger partial charge in [0.25, 0.3) is 0 Å². The molecule has 2 aliphatic carbocycles. The lowest BCUT2D eigenvalue weighted by molar-refractivity contribution is 0.546. The summed E-state index contributed by atoms with van der Waals surface area (Å²) >= 11 is 0. The van der Waals surface area contributed by atoms with E-state index in [1.54, 1.807) is 0 Å². The number of hydrogen-bond donors (Lipinski definition) is 0. The normalized spacial score (nSPS) is 24.5. The van der Waals surface area contributed by atoms with Crippen LogP contribution in [-0.2, 0) is 4.79 Å². The van der Waals surface area contributed by atoms with Crippen molar-refractivity contribution in [1.82, 2.24) is 0 Å². The monoisotopic (exact) mass is 169 g/mol. The third-order valence-electron chi connectivity index (χ3n) is 2.15. The lowest BCUT2D eigenvalue weighted by Gasteiger charge is -2.14. The zero-order valence-corrected chi connectivity index (χ0v) is 7.10. The van der Waals surface area contributed by atoms with Crippen LogP contribution in [0.15, 0.2) is 59.8 Å². The summed E-state index contributed by atoms with van der Waals surface area (Å²) in [5, 5.41) is 0. The number of hydrogen-bond acceptors (Lipinski definition) is 1. The summed E-state index contributed by atoms with van der Waals surface area (Å²) in [7, 11) is 0. The van der Waals surface area contributed by atoms with Crippen LogP contribution in [0.25, 0.3) is 0 Å². The van der Waals surface area contributed by atoms with E-state index in [1.165, 1.54) is 0 Å². The van der Waals surface area contributed by atoms with Crippen molar-refractivity contribution in [2.45, 2.75) is 0 Å². The van der Waals surface area contributed by atoms with Gasteiger partial charge in [-0.3, -0.25) is 4.79 Å². The molecule has 0 N–H and O–H groups in total. The van der Waals surface area contributed by atoms with Crippen LogP contribution in [0.4, 0.5) is 0 Å². The molecule has 2 aliphatic rings. The molecular formula is C12H9O. The summed E-state index contributed by atoms with van der Waals surface area (Å²) in [5.41, 5.74) is 2.13. The van der Waals surface area contributed by atoms with Gasteiger partial charge in [0.1, 0.15) is 0 Å². The lowest BCUT2D eigenvalue weighted by Crippen LogP contribution is -2.06. The van der Waals surface area contributed by atoms with Crippen molar-refractivity contribution >= 4 is 6.29 Å². The first kappa shape index (κ1) is 7.99. The van der Waals surface area contributed by atoms with Gasteiger partial charge in [0.05, 0.1) is 5.92 Å². The SMILES string of the molecule is O=[C]C1C=CC=C2C=CC=CC=C21. The van der Waals surface area contributed by atoms with E-state index in [-0.39, 0.29) is 5.92 Å². The Morgan fingerprint density at radius 3 is 2.85 bits per heavy atom. The number of rotatable bonds is 1. The molecule has 63 valence electrons. The lowest BCUT2D eigenvalue weighted by atomic mass is 9.89. The molecule has 0 aliphatic heterocycles. The molecule has 0 aromatic rings. The maximum absolute atomic E-state index is 10.6. The van der Waals surface area contributed by atoms with Gasteiger partial charge in [-0.25, -0.2) is 0 Å². The van der Waals surface area contributed by atoms with Crippen molar-refractivity contribution in [3.05, 3.63) is 59.8 Å². The highest BCUT2D eigenvalue weighted by Gasteiger charge is 2.16. The molecule has 1 nitrogen and oxygen atoms in total. The second-order valence-corrected chi connectivity index (χ2v) is 2.97. The summed E-state index contributed by atoms with van der Waals surface area (Å²) in [6.07, 6.45) is 17.6. The molecule has 0 heterocycles. The largest absolute Gasteiger partial charge is 0.290 e. The quantitative estimate of drug-likeness (QED) is 0.588. The average molecular weight is 169 g/mol. The molecular weight excluding hydrogens is 160 g/mol. The minimum Gasteiger partial charge on any atom is -0.290 e. The summed E-state index contributed by atoms with van der Waals surface area (Å²) in [6, 6.07) is 0. The Bertz CT molecular complexity index is 365. The van der Waals surface area contributed by atoms with Gasteiger partial charge in [0.15, 0.2) is 0 Å². The summed E-state index contributed by atoms with van der Waals surface area (Å²) in [4.78, 5) is 10.6. The van der Waals surface area contributed by atoms with Crippen LogP contribution in [0.3, 0.4) is 0 Å². The molecule has 0 bridgehead atoms. The van der Waals surface area contributed by atoms with E-state index in [0.717, 1.165) is 11.1 Å². The van der Waals surface area contributed by atoms with E-state index in [2.05, 4.69) is 0 Å². The van der Waals surface area contributed by atoms with Crippen molar-refractivity contribution in [3.63, 3.8) is 0 Å².